The number of esters is 1. The van der Waals surface area contributed by atoms with Crippen LogP contribution in [0.25, 0.3) is 10.8 Å². The van der Waals surface area contributed by atoms with Crippen molar-refractivity contribution in [2.45, 2.75) is 59.0 Å². The zero-order valence-corrected chi connectivity index (χ0v) is 18.6. The first-order chi connectivity index (χ1) is 14.9. The third kappa shape index (κ3) is 4.23. The highest BCUT2D eigenvalue weighted by molar-refractivity contribution is 6.25. The highest BCUT2D eigenvalue weighted by Crippen LogP contribution is 2.35. The van der Waals surface area contributed by atoms with E-state index in [1.807, 2.05) is 24.3 Å². The van der Waals surface area contributed by atoms with Gasteiger partial charge in [-0.3, -0.25) is 19.3 Å². The Labute approximate surface area is 183 Å². The van der Waals surface area contributed by atoms with Gasteiger partial charge in [0, 0.05) is 29.5 Å². The molecule has 5 heteroatoms. The summed E-state index contributed by atoms with van der Waals surface area (Å²) in [7, 11) is 0. The van der Waals surface area contributed by atoms with E-state index in [1.165, 1.54) is 11.3 Å². The van der Waals surface area contributed by atoms with E-state index in [1.54, 1.807) is 12.1 Å². The first kappa shape index (κ1) is 21.5. The van der Waals surface area contributed by atoms with E-state index >= 15 is 0 Å². The average Bonchev–Trinajstić information content (AvgIpc) is 2.74. The highest BCUT2D eigenvalue weighted by Gasteiger charge is 2.34. The SMILES string of the molecule is CC(C)[C@@H]1CC[C@@H](C)C[C@@H]1OC(=O)CCCN1C(=O)c2cccc3cccc(c23)C1=O. The number of amides is 2. The van der Waals surface area contributed by atoms with Crippen LogP contribution in [0.15, 0.2) is 36.4 Å². The largest absolute Gasteiger partial charge is 0.462 e. The monoisotopic (exact) mass is 421 g/mol. The van der Waals surface area contributed by atoms with Gasteiger partial charge in [0.2, 0.25) is 0 Å². The van der Waals surface area contributed by atoms with Crippen molar-refractivity contribution in [1.29, 1.82) is 0 Å². The maximum Gasteiger partial charge on any atom is 0.306 e. The Kier molecular flexibility index (Phi) is 6.12. The summed E-state index contributed by atoms with van der Waals surface area (Å²) in [6, 6.07) is 11.0. The van der Waals surface area contributed by atoms with E-state index in [0.29, 0.717) is 35.3 Å². The first-order valence-corrected chi connectivity index (χ1v) is 11.4. The normalized spacial score (nSPS) is 23.5. The topological polar surface area (TPSA) is 63.7 Å². The molecule has 31 heavy (non-hydrogen) atoms. The van der Waals surface area contributed by atoms with Crippen LogP contribution in [0.1, 0.15) is 73.6 Å². The lowest BCUT2D eigenvalue weighted by atomic mass is 9.75. The summed E-state index contributed by atoms with van der Waals surface area (Å²) in [6.07, 6.45) is 3.78. The Morgan fingerprint density at radius 1 is 1.06 bits per heavy atom. The van der Waals surface area contributed by atoms with E-state index in [0.717, 1.165) is 23.6 Å². The Morgan fingerprint density at radius 2 is 1.71 bits per heavy atom. The molecule has 1 fully saturated rings. The van der Waals surface area contributed by atoms with Crippen molar-refractivity contribution < 1.29 is 19.1 Å². The molecule has 2 aliphatic rings. The van der Waals surface area contributed by atoms with E-state index in [-0.39, 0.29) is 36.9 Å². The quantitative estimate of drug-likeness (QED) is 0.474. The molecule has 0 N–H and O–H groups in total. The van der Waals surface area contributed by atoms with Gasteiger partial charge in [0.15, 0.2) is 0 Å². The van der Waals surface area contributed by atoms with E-state index in [2.05, 4.69) is 20.8 Å². The average molecular weight is 422 g/mol. The molecule has 0 saturated heterocycles. The van der Waals surface area contributed by atoms with E-state index in [4.69, 9.17) is 4.74 Å². The molecule has 2 aromatic carbocycles. The number of rotatable bonds is 6. The summed E-state index contributed by atoms with van der Waals surface area (Å²) in [5.41, 5.74) is 1.09. The standard InChI is InChI=1S/C26H31NO4/c1-16(2)19-13-12-17(3)15-22(19)31-23(28)11-6-14-27-25(29)20-9-4-7-18-8-5-10-21(24(18)20)26(27)30/h4-5,7-10,16-17,19,22H,6,11-15H2,1-3H3/t17-,19+,22+/m1/s1. The van der Waals surface area contributed by atoms with Crippen molar-refractivity contribution >= 4 is 28.6 Å². The lowest BCUT2D eigenvalue weighted by molar-refractivity contribution is -0.156. The number of hydrogen-bond acceptors (Lipinski definition) is 4. The summed E-state index contributed by atoms with van der Waals surface area (Å²) < 4.78 is 5.85. The number of imide groups is 1. The second kappa shape index (κ2) is 8.81. The Bertz CT molecular complexity index is 961. The molecule has 0 spiro atoms. The molecular weight excluding hydrogens is 390 g/mol. The van der Waals surface area contributed by atoms with Crippen LogP contribution in [0.5, 0.6) is 0 Å². The Balaban J connectivity index is 1.38. The molecule has 0 radical (unpaired) electrons. The molecule has 3 atom stereocenters. The lowest BCUT2D eigenvalue weighted by Gasteiger charge is -2.36. The molecular formula is C26H31NO4. The molecule has 0 bridgehead atoms. The number of carbonyl (C=O) groups excluding carboxylic acids is 3. The van der Waals surface area contributed by atoms with Gasteiger partial charge in [0.1, 0.15) is 6.10 Å². The molecule has 5 nitrogen and oxygen atoms in total. The molecule has 1 aliphatic carbocycles. The van der Waals surface area contributed by atoms with Gasteiger partial charge in [-0.1, -0.05) is 51.5 Å². The molecule has 1 heterocycles. The highest BCUT2D eigenvalue weighted by atomic mass is 16.5. The molecule has 1 saturated carbocycles. The third-order valence-electron chi connectivity index (χ3n) is 6.86. The summed E-state index contributed by atoms with van der Waals surface area (Å²) >= 11 is 0. The van der Waals surface area contributed by atoms with Gasteiger partial charge < -0.3 is 4.74 Å². The van der Waals surface area contributed by atoms with Gasteiger partial charge in [-0.2, -0.15) is 0 Å². The first-order valence-electron chi connectivity index (χ1n) is 11.4. The van der Waals surface area contributed by atoms with Crippen molar-refractivity contribution in [3.05, 3.63) is 47.5 Å². The fourth-order valence-electron chi connectivity index (χ4n) is 5.14. The van der Waals surface area contributed by atoms with E-state index in [9.17, 15) is 14.4 Å². The fourth-order valence-corrected chi connectivity index (χ4v) is 5.14. The maximum atomic E-state index is 12.9. The van der Waals surface area contributed by atoms with Crippen molar-refractivity contribution in [3.8, 4) is 0 Å². The van der Waals surface area contributed by atoms with Crippen LogP contribution in [0.4, 0.5) is 0 Å². The summed E-state index contributed by atoms with van der Waals surface area (Å²) in [5, 5.41) is 1.61. The van der Waals surface area contributed by atoms with Crippen LogP contribution in [0.2, 0.25) is 0 Å². The summed E-state index contributed by atoms with van der Waals surface area (Å²) in [4.78, 5) is 39.7. The Morgan fingerprint density at radius 3 is 2.32 bits per heavy atom. The van der Waals surface area contributed by atoms with E-state index < -0.39 is 0 Å². The zero-order chi connectivity index (χ0) is 22.1. The van der Waals surface area contributed by atoms with Gasteiger partial charge in [0.05, 0.1) is 0 Å². The van der Waals surface area contributed by atoms with Gasteiger partial charge >= 0.3 is 5.97 Å². The Hall–Kier alpha value is -2.69. The van der Waals surface area contributed by atoms with Crippen LogP contribution in [0, 0.1) is 17.8 Å². The number of benzene rings is 2. The fraction of sp³-hybridized carbons (Fsp3) is 0.500. The summed E-state index contributed by atoms with van der Waals surface area (Å²) in [6.45, 7) is 6.80. The second-order valence-electron chi connectivity index (χ2n) is 9.43. The minimum absolute atomic E-state index is 0.0287. The maximum absolute atomic E-state index is 12.9. The van der Waals surface area contributed by atoms with Gasteiger partial charge in [-0.05, 0) is 54.5 Å². The minimum atomic E-state index is -0.288. The van der Waals surface area contributed by atoms with Gasteiger partial charge in [-0.15, -0.1) is 0 Å². The number of carbonyl (C=O) groups is 3. The van der Waals surface area contributed by atoms with Crippen LogP contribution < -0.4 is 0 Å². The van der Waals surface area contributed by atoms with Gasteiger partial charge in [-0.25, -0.2) is 0 Å². The van der Waals surface area contributed by atoms with Crippen molar-refractivity contribution in [3.63, 3.8) is 0 Å². The van der Waals surface area contributed by atoms with Crippen LogP contribution >= 0.6 is 0 Å². The molecule has 2 aromatic rings. The molecule has 164 valence electrons. The van der Waals surface area contributed by atoms with Crippen LogP contribution in [-0.4, -0.2) is 35.3 Å². The molecule has 4 rings (SSSR count). The predicted molar refractivity (Wildman–Crippen MR) is 120 cm³/mol. The molecule has 0 aromatic heterocycles. The van der Waals surface area contributed by atoms with Crippen LogP contribution in [-0.2, 0) is 9.53 Å². The number of ether oxygens (including phenoxy) is 1. The van der Waals surface area contributed by atoms with Crippen LogP contribution in [0.3, 0.4) is 0 Å². The second-order valence-corrected chi connectivity index (χ2v) is 9.43. The van der Waals surface area contributed by atoms with Gasteiger partial charge in [0.25, 0.3) is 11.8 Å². The predicted octanol–water partition coefficient (Wildman–Crippen LogP) is 5.22. The third-order valence-corrected chi connectivity index (χ3v) is 6.86. The molecule has 1 aliphatic heterocycles. The molecule has 0 unspecified atom stereocenters. The lowest BCUT2D eigenvalue weighted by Crippen LogP contribution is -2.41. The van der Waals surface area contributed by atoms with Crippen molar-refractivity contribution in [2.75, 3.05) is 6.54 Å². The van der Waals surface area contributed by atoms with Crippen molar-refractivity contribution in [2.24, 2.45) is 17.8 Å². The summed E-state index contributed by atoms with van der Waals surface area (Å²) in [5.74, 6) is 0.648. The van der Waals surface area contributed by atoms with Crippen molar-refractivity contribution in [1.82, 2.24) is 4.90 Å². The number of nitrogens with zero attached hydrogens (tertiary/aromatic N) is 1. The smallest absolute Gasteiger partial charge is 0.306 e. The zero-order valence-electron chi connectivity index (χ0n) is 18.6. The number of hydrogen-bond donors (Lipinski definition) is 0. The molecule has 2 amide bonds. The minimum Gasteiger partial charge on any atom is -0.462 e.